The van der Waals surface area contributed by atoms with E-state index in [-0.39, 0.29) is 5.41 Å². The van der Waals surface area contributed by atoms with E-state index in [0.717, 1.165) is 23.5 Å². The van der Waals surface area contributed by atoms with Crippen molar-refractivity contribution in [3.63, 3.8) is 0 Å². The van der Waals surface area contributed by atoms with Crippen LogP contribution in [-0.2, 0) is 12.0 Å². The van der Waals surface area contributed by atoms with Crippen molar-refractivity contribution in [3.05, 3.63) is 11.7 Å². The first-order chi connectivity index (χ1) is 9.22. The Labute approximate surface area is 113 Å². The van der Waals surface area contributed by atoms with Gasteiger partial charge in [0.05, 0.1) is 13.7 Å². The van der Waals surface area contributed by atoms with Crippen LogP contribution in [0.25, 0.3) is 0 Å². The summed E-state index contributed by atoms with van der Waals surface area (Å²) in [5, 5.41) is 0. The van der Waals surface area contributed by atoms with Gasteiger partial charge in [-0.2, -0.15) is 4.98 Å². The van der Waals surface area contributed by atoms with Gasteiger partial charge in [0.25, 0.3) is 5.88 Å². The smallest absolute Gasteiger partial charge is 0.256 e. The average molecular weight is 262 g/mol. The number of oxazole rings is 1. The Morgan fingerprint density at radius 3 is 2.26 bits per heavy atom. The van der Waals surface area contributed by atoms with Crippen molar-refractivity contribution in [3.8, 4) is 5.88 Å². The molecule has 4 nitrogen and oxygen atoms in total. The van der Waals surface area contributed by atoms with Crippen LogP contribution in [0.2, 0.25) is 0 Å². The number of ether oxygens (including phenoxy) is 1. The van der Waals surface area contributed by atoms with E-state index >= 15 is 0 Å². The molecular weight excluding hydrogens is 240 g/mol. The lowest BCUT2D eigenvalue weighted by Crippen LogP contribution is -2.48. The summed E-state index contributed by atoms with van der Waals surface area (Å²) in [4.78, 5) is 4.39. The SMILES string of the molecule is COc1nc(CN)oc1C12CC3CC(CC(C3)C1)C2. The second-order valence-electron chi connectivity index (χ2n) is 6.85. The molecule has 0 radical (unpaired) electrons. The van der Waals surface area contributed by atoms with Gasteiger partial charge in [-0.25, -0.2) is 0 Å². The lowest BCUT2D eigenvalue weighted by Gasteiger charge is -2.55. The Hall–Kier alpha value is -1.03. The molecule has 0 unspecified atom stereocenters. The maximum Gasteiger partial charge on any atom is 0.256 e. The van der Waals surface area contributed by atoms with Crippen molar-refractivity contribution in [2.45, 2.75) is 50.5 Å². The number of nitrogens with two attached hydrogens (primary N) is 1. The van der Waals surface area contributed by atoms with Gasteiger partial charge >= 0.3 is 0 Å². The average Bonchev–Trinajstić information content (AvgIpc) is 2.81. The van der Waals surface area contributed by atoms with Crippen LogP contribution in [0.15, 0.2) is 4.42 Å². The molecule has 0 aliphatic heterocycles. The van der Waals surface area contributed by atoms with Crippen LogP contribution in [0, 0.1) is 17.8 Å². The molecule has 0 atom stereocenters. The van der Waals surface area contributed by atoms with Gasteiger partial charge < -0.3 is 14.9 Å². The molecular formula is C15H22N2O2. The zero-order valence-electron chi connectivity index (χ0n) is 11.5. The third-order valence-corrected chi connectivity index (χ3v) is 5.53. The van der Waals surface area contributed by atoms with E-state index in [4.69, 9.17) is 14.9 Å². The zero-order chi connectivity index (χ0) is 13.0. The molecule has 1 aromatic rings. The first-order valence-corrected chi connectivity index (χ1v) is 7.46. The predicted molar refractivity (Wildman–Crippen MR) is 70.8 cm³/mol. The summed E-state index contributed by atoms with van der Waals surface area (Å²) in [7, 11) is 1.68. The molecule has 0 amide bonds. The topological polar surface area (TPSA) is 61.3 Å². The highest BCUT2D eigenvalue weighted by Gasteiger charge is 2.54. The number of nitrogens with zero attached hydrogens (tertiary/aromatic N) is 1. The van der Waals surface area contributed by atoms with Crippen LogP contribution < -0.4 is 10.5 Å². The fraction of sp³-hybridized carbons (Fsp3) is 0.800. The van der Waals surface area contributed by atoms with Gasteiger partial charge in [-0.1, -0.05) is 0 Å². The van der Waals surface area contributed by atoms with Gasteiger partial charge in [-0.05, 0) is 56.3 Å². The molecule has 0 saturated heterocycles. The highest BCUT2D eigenvalue weighted by molar-refractivity contribution is 5.30. The fourth-order valence-electron chi connectivity index (χ4n) is 5.30. The van der Waals surface area contributed by atoms with Gasteiger partial charge in [0.2, 0.25) is 5.89 Å². The van der Waals surface area contributed by atoms with Gasteiger partial charge in [0.15, 0.2) is 5.76 Å². The maximum atomic E-state index is 5.98. The molecule has 5 rings (SSSR count). The van der Waals surface area contributed by atoms with E-state index in [2.05, 4.69) is 4.98 Å². The minimum atomic E-state index is 0.195. The maximum absolute atomic E-state index is 5.98. The largest absolute Gasteiger partial charge is 0.479 e. The van der Waals surface area contributed by atoms with E-state index in [1.165, 1.54) is 38.5 Å². The molecule has 104 valence electrons. The van der Waals surface area contributed by atoms with Crippen LogP contribution >= 0.6 is 0 Å². The molecule has 2 N–H and O–H groups in total. The predicted octanol–water partition coefficient (Wildman–Crippen LogP) is 2.61. The Morgan fingerprint density at radius 2 is 1.79 bits per heavy atom. The van der Waals surface area contributed by atoms with Crippen molar-refractivity contribution in [1.82, 2.24) is 4.98 Å². The summed E-state index contributed by atoms with van der Waals surface area (Å²) in [6.07, 6.45) is 8.07. The Balaban J connectivity index is 1.76. The molecule has 4 bridgehead atoms. The van der Waals surface area contributed by atoms with Crippen LogP contribution in [0.5, 0.6) is 5.88 Å². The molecule has 4 saturated carbocycles. The summed E-state index contributed by atoms with van der Waals surface area (Å²) in [5.74, 6) is 4.96. The minimum absolute atomic E-state index is 0.195. The van der Waals surface area contributed by atoms with E-state index in [0.29, 0.717) is 18.3 Å². The minimum Gasteiger partial charge on any atom is -0.479 e. The monoisotopic (exact) mass is 262 g/mol. The molecule has 4 fully saturated rings. The number of rotatable bonds is 3. The normalized spacial score (nSPS) is 39.8. The molecule has 4 heteroatoms. The quantitative estimate of drug-likeness (QED) is 0.909. The van der Waals surface area contributed by atoms with Crippen molar-refractivity contribution >= 4 is 0 Å². The third-order valence-electron chi connectivity index (χ3n) is 5.53. The molecule has 1 heterocycles. The Kier molecular flexibility index (Phi) is 2.47. The zero-order valence-corrected chi connectivity index (χ0v) is 11.5. The van der Waals surface area contributed by atoms with Crippen LogP contribution in [0.1, 0.15) is 50.2 Å². The van der Waals surface area contributed by atoms with Crippen LogP contribution in [-0.4, -0.2) is 12.1 Å². The summed E-state index contributed by atoms with van der Waals surface area (Å²) in [6.45, 7) is 0.350. The van der Waals surface area contributed by atoms with Crippen LogP contribution in [0.4, 0.5) is 0 Å². The number of aromatic nitrogens is 1. The molecule has 0 aromatic carbocycles. The summed E-state index contributed by atoms with van der Waals surface area (Å²) in [5.41, 5.74) is 5.86. The number of methoxy groups -OCH3 is 1. The van der Waals surface area contributed by atoms with Crippen molar-refractivity contribution in [1.29, 1.82) is 0 Å². The van der Waals surface area contributed by atoms with Gasteiger partial charge in [0, 0.05) is 5.41 Å². The first kappa shape index (κ1) is 11.8. The summed E-state index contributed by atoms with van der Waals surface area (Å²) < 4.78 is 11.4. The highest BCUT2D eigenvalue weighted by Crippen LogP contribution is 2.61. The second kappa shape index (κ2) is 3.98. The van der Waals surface area contributed by atoms with Gasteiger partial charge in [-0.15, -0.1) is 0 Å². The van der Waals surface area contributed by atoms with Crippen LogP contribution in [0.3, 0.4) is 0 Å². The second-order valence-corrected chi connectivity index (χ2v) is 6.85. The van der Waals surface area contributed by atoms with Crippen molar-refractivity contribution < 1.29 is 9.15 Å². The lowest BCUT2D eigenvalue weighted by molar-refractivity contribution is -0.0168. The molecule has 4 aliphatic carbocycles. The molecule has 19 heavy (non-hydrogen) atoms. The lowest BCUT2D eigenvalue weighted by atomic mass is 9.49. The van der Waals surface area contributed by atoms with Crippen molar-refractivity contribution in [2.75, 3.05) is 7.11 Å². The first-order valence-electron chi connectivity index (χ1n) is 7.46. The van der Waals surface area contributed by atoms with E-state index in [1.807, 2.05) is 0 Å². The fourth-order valence-corrected chi connectivity index (χ4v) is 5.30. The highest BCUT2D eigenvalue weighted by atomic mass is 16.5. The molecule has 1 aromatic heterocycles. The summed E-state index contributed by atoms with van der Waals surface area (Å²) in [6, 6.07) is 0. The summed E-state index contributed by atoms with van der Waals surface area (Å²) >= 11 is 0. The van der Waals surface area contributed by atoms with Gasteiger partial charge in [0.1, 0.15) is 0 Å². The number of hydrogen-bond donors (Lipinski definition) is 1. The van der Waals surface area contributed by atoms with E-state index in [9.17, 15) is 0 Å². The molecule has 4 aliphatic rings. The Morgan fingerprint density at radius 1 is 1.21 bits per heavy atom. The van der Waals surface area contributed by atoms with Crippen molar-refractivity contribution in [2.24, 2.45) is 23.5 Å². The van der Waals surface area contributed by atoms with E-state index in [1.54, 1.807) is 7.11 Å². The number of hydrogen-bond acceptors (Lipinski definition) is 4. The molecule has 0 spiro atoms. The van der Waals surface area contributed by atoms with Gasteiger partial charge in [-0.3, -0.25) is 0 Å². The standard InChI is InChI=1S/C15H22N2O2/c1-18-14-13(19-12(8-16)17-14)15-5-9-2-10(6-15)4-11(3-9)7-15/h9-11H,2-8,16H2,1H3. The Bertz CT molecular complexity index is 459. The third kappa shape index (κ3) is 1.65. The van der Waals surface area contributed by atoms with E-state index < -0.39 is 0 Å².